The van der Waals surface area contributed by atoms with Crippen LogP contribution >= 0.6 is 23.4 Å². The molecule has 0 radical (unpaired) electrons. The third-order valence-electron chi connectivity index (χ3n) is 3.60. The van der Waals surface area contributed by atoms with Crippen molar-refractivity contribution in [1.29, 1.82) is 0 Å². The molecule has 1 aromatic heterocycles. The Morgan fingerprint density at radius 3 is 2.65 bits per heavy atom. The van der Waals surface area contributed by atoms with E-state index in [4.69, 9.17) is 11.6 Å². The van der Waals surface area contributed by atoms with E-state index in [2.05, 4.69) is 35.9 Å². The zero-order valence-electron chi connectivity index (χ0n) is 10.7. The number of thioether (sulfide) groups is 1. The van der Waals surface area contributed by atoms with Gasteiger partial charge in [0.15, 0.2) is 11.0 Å². The maximum atomic E-state index is 5.99. The average molecular weight is 272 g/mol. The molecule has 94 valence electrons. The molecule has 2 heterocycles. The number of hydrogen-bond acceptors (Lipinski definition) is 4. The van der Waals surface area contributed by atoms with Crippen LogP contribution in [0.4, 0.5) is 5.82 Å². The van der Waals surface area contributed by atoms with Gasteiger partial charge in [0.2, 0.25) is 0 Å². The summed E-state index contributed by atoms with van der Waals surface area (Å²) in [5.74, 6) is 2.14. The quantitative estimate of drug-likeness (QED) is 0.785. The van der Waals surface area contributed by atoms with E-state index in [1.54, 1.807) is 0 Å². The third-order valence-corrected chi connectivity index (χ3v) is 5.29. The Hall–Kier alpha value is -0.480. The monoisotopic (exact) mass is 271 g/mol. The number of aromatic nitrogens is 2. The van der Waals surface area contributed by atoms with Crippen molar-refractivity contribution >= 4 is 29.2 Å². The molecule has 2 atom stereocenters. The van der Waals surface area contributed by atoms with Crippen molar-refractivity contribution in [2.45, 2.75) is 39.0 Å². The van der Waals surface area contributed by atoms with Crippen LogP contribution in [-0.4, -0.2) is 33.8 Å². The highest BCUT2D eigenvalue weighted by Crippen LogP contribution is 2.31. The van der Waals surface area contributed by atoms with Crippen LogP contribution in [0, 0.1) is 13.8 Å². The van der Waals surface area contributed by atoms with Crippen LogP contribution in [0.15, 0.2) is 0 Å². The molecule has 0 saturated carbocycles. The first-order valence-corrected chi connectivity index (χ1v) is 7.32. The molecule has 1 aliphatic heterocycles. The average Bonchev–Trinajstić information content (AvgIpc) is 2.31. The number of anilines is 1. The van der Waals surface area contributed by atoms with Crippen LogP contribution < -0.4 is 4.90 Å². The van der Waals surface area contributed by atoms with Gasteiger partial charge in [-0.15, -0.1) is 10.2 Å². The van der Waals surface area contributed by atoms with Gasteiger partial charge >= 0.3 is 0 Å². The summed E-state index contributed by atoms with van der Waals surface area (Å²) in [4.78, 5) is 2.35. The number of hydrogen-bond donors (Lipinski definition) is 0. The third kappa shape index (κ3) is 2.38. The molecule has 0 aliphatic carbocycles. The Morgan fingerprint density at radius 1 is 1.24 bits per heavy atom. The summed E-state index contributed by atoms with van der Waals surface area (Å²) in [6.07, 6.45) is 0. The fourth-order valence-electron chi connectivity index (χ4n) is 2.07. The number of nitrogens with zero attached hydrogens (tertiary/aromatic N) is 3. The maximum absolute atomic E-state index is 5.99. The highest BCUT2D eigenvalue weighted by atomic mass is 35.5. The minimum Gasteiger partial charge on any atom is -0.350 e. The molecule has 0 amide bonds. The Balaban J connectivity index is 2.37. The molecule has 0 bridgehead atoms. The summed E-state index contributed by atoms with van der Waals surface area (Å²) >= 11 is 8.02. The van der Waals surface area contributed by atoms with Crippen molar-refractivity contribution in [3.8, 4) is 0 Å². The summed E-state index contributed by atoms with van der Waals surface area (Å²) in [6.45, 7) is 9.63. The lowest BCUT2D eigenvalue weighted by atomic mass is 10.1. The van der Waals surface area contributed by atoms with Crippen molar-refractivity contribution in [2.75, 3.05) is 17.2 Å². The molecule has 0 N–H and O–H groups in total. The highest BCUT2D eigenvalue weighted by Gasteiger charge is 2.28. The SMILES string of the molecule is Cc1c(Cl)nnc(N2CCSC(C)C2C)c1C. The van der Waals surface area contributed by atoms with Gasteiger partial charge in [-0.1, -0.05) is 18.5 Å². The fourth-order valence-corrected chi connectivity index (χ4v) is 3.35. The molecule has 1 aromatic rings. The molecule has 1 fully saturated rings. The summed E-state index contributed by atoms with van der Waals surface area (Å²) in [7, 11) is 0. The molecular formula is C12H18ClN3S. The molecule has 17 heavy (non-hydrogen) atoms. The van der Waals surface area contributed by atoms with Crippen molar-refractivity contribution in [3.63, 3.8) is 0 Å². The minimum absolute atomic E-state index is 0.488. The Bertz CT molecular complexity index is 424. The topological polar surface area (TPSA) is 29.0 Å². The summed E-state index contributed by atoms with van der Waals surface area (Å²) < 4.78 is 0. The van der Waals surface area contributed by atoms with Gasteiger partial charge < -0.3 is 4.90 Å². The second kappa shape index (κ2) is 5.02. The zero-order valence-corrected chi connectivity index (χ0v) is 12.3. The predicted octanol–water partition coefficient (Wildman–Crippen LogP) is 3.08. The molecular weight excluding hydrogens is 254 g/mol. The van der Waals surface area contributed by atoms with Gasteiger partial charge in [0, 0.05) is 23.6 Å². The molecule has 1 saturated heterocycles. The van der Waals surface area contributed by atoms with Crippen molar-refractivity contribution in [3.05, 3.63) is 16.3 Å². The van der Waals surface area contributed by atoms with Gasteiger partial charge in [-0.2, -0.15) is 11.8 Å². The fraction of sp³-hybridized carbons (Fsp3) is 0.667. The standard InChI is InChI=1S/C12H18ClN3S/c1-7-8(2)12(15-14-11(7)13)16-5-6-17-10(4)9(16)3/h9-10H,5-6H2,1-4H3. The number of rotatable bonds is 1. The van der Waals surface area contributed by atoms with E-state index in [0.717, 1.165) is 29.2 Å². The van der Waals surface area contributed by atoms with E-state index < -0.39 is 0 Å². The van der Waals surface area contributed by atoms with Gasteiger partial charge in [0.1, 0.15) is 0 Å². The molecule has 2 unspecified atom stereocenters. The summed E-state index contributed by atoms with van der Waals surface area (Å²) in [6, 6.07) is 0.488. The van der Waals surface area contributed by atoms with Crippen LogP contribution in [0.2, 0.25) is 5.15 Å². The van der Waals surface area contributed by atoms with Gasteiger partial charge in [-0.05, 0) is 31.9 Å². The first-order chi connectivity index (χ1) is 8.02. The highest BCUT2D eigenvalue weighted by molar-refractivity contribution is 8.00. The van der Waals surface area contributed by atoms with Crippen molar-refractivity contribution in [2.24, 2.45) is 0 Å². The van der Waals surface area contributed by atoms with E-state index in [1.807, 2.05) is 18.7 Å². The maximum Gasteiger partial charge on any atom is 0.155 e. The van der Waals surface area contributed by atoms with Crippen LogP contribution in [-0.2, 0) is 0 Å². The first kappa shape index (κ1) is 13.0. The lowest BCUT2D eigenvalue weighted by Gasteiger charge is -2.38. The Morgan fingerprint density at radius 2 is 1.94 bits per heavy atom. The first-order valence-electron chi connectivity index (χ1n) is 5.90. The Labute approximate surface area is 112 Å². The van der Waals surface area contributed by atoms with E-state index in [-0.39, 0.29) is 0 Å². The van der Waals surface area contributed by atoms with Crippen molar-refractivity contribution < 1.29 is 0 Å². The number of halogens is 1. The molecule has 1 aliphatic rings. The predicted molar refractivity (Wildman–Crippen MR) is 75.2 cm³/mol. The molecule has 0 spiro atoms. The summed E-state index contributed by atoms with van der Waals surface area (Å²) in [5.41, 5.74) is 2.19. The molecule has 5 heteroatoms. The van der Waals surface area contributed by atoms with E-state index in [1.165, 1.54) is 0 Å². The lowest BCUT2D eigenvalue weighted by molar-refractivity contribution is 0.614. The minimum atomic E-state index is 0.488. The van der Waals surface area contributed by atoms with Crippen LogP contribution in [0.25, 0.3) is 0 Å². The zero-order chi connectivity index (χ0) is 12.6. The van der Waals surface area contributed by atoms with E-state index in [9.17, 15) is 0 Å². The lowest BCUT2D eigenvalue weighted by Crippen LogP contribution is -2.45. The van der Waals surface area contributed by atoms with E-state index in [0.29, 0.717) is 16.4 Å². The van der Waals surface area contributed by atoms with E-state index >= 15 is 0 Å². The van der Waals surface area contributed by atoms with Gasteiger partial charge in [0.25, 0.3) is 0 Å². The largest absolute Gasteiger partial charge is 0.350 e. The van der Waals surface area contributed by atoms with Crippen LogP contribution in [0.5, 0.6) is 0 Å². The van der Waals surface area contributed by atoms with Crippen LogP contribution in [0.1, 0.15) is 25.0 Å². The second-order valence-corrected chi connectivity index (χ2v) is 6.42. The van der Waals surface area contributed by atoms with Gasteiger partial charge in [-0.25, -0.2) is 0 Å². The van der Waals surface area contributed by atoms with Gasteiger partial charge in [0.05, 0.1) is 0 Å². The molecule has 2 rings (SSSR count). The normalized spacial score (nSPS) is 25.1. The second-order valence-electron chi connectivity index (χ2n) is 4.57. The summed E-state index contributed by atoms with van der Waals surface area (Å²) in [5, 5.41) is 9.46. The molecule has 0 aromatic carbocycles. The Kier molecular flexibility index (Phi) is 3.83. The van der Waals surface area contributed by atoms with Gasteiger partial charge in [-0.3, -0.25) is 0 Å². The van der Waals surface area contributed by atoms with Crippen molar-refractivity contribution in [1.82, 2.24) is 10.2 Å². The smallest absolute Gasteiger partial charge is 0.155 e. The molecule has 3 nitrogen and oxygen atoms in total. The van der Waals surface area contributed by atoms with Crippen LogP contribution in [0.3, 0.4) is 0 Å².